The van der Waals surface area contributed by atoms with Crippen LogP contribution in [-0.4, -0.2) is 4.98 Å². The summed E-state index contributed by atoms with van der Waals surface area (Å²) < 4.78 is 2.61. The molecule has 41 heavy (non-hydrogen) atoms. The summed E-state index contributed by atoms with van der Waals surface area (Å²) in [5, 5.41) is 6.23. The van der Waals surface area contributed by atoms with Gasteiger partial charge in [0.2, 0.25) is 0 Å². The molecule has 9 rings (SSSR count). The SMILES string of the molecule is c1ccc(-c2nc3c(s2)-c2ccc(N(c4ccccc4)c4cccc5c4sc4ccccc45)c4cccc-3c24)cc1. The number of nitrogens with zero attached hydrogens (tertiary/aromatic N) is 2. The Bertz CT molecular complexity index is 2230. The summed E-state index contributed by atoms with van der Waals surface area (Å²) in [5.41, 5.74) is 8.31. The van der Waals surface area contributed by atoms with Gasteiger partial charge in [0, 0.05) is 48.6 Å². The molecule has 4 heteroatoms. The van der Waals surface area contributed by atoms with E-state index in [2.05, 4.69) is 138 Å². The average molecular weight is 559 g/mol. The van der Waals surface area contributed by atoms with Gasteiger partial charge in [0.1, 0.15) is 5.01 Å². The van der Waals surface area contributed by atoms with Crippen molar-refractivity contribution in [3.05, 3.63) is 133 Å². The lowest BCUT2D eigenvalue weighted by Gasteiger charge is -2.27. The summed E-state index contributed by atoms with van der Waals surface area (Å²) in [6.07, 6.45) is 0. The minimum atomic E-state index is 1.07. The van der Waals surface area contributed by atoms with Crippen LogP contribution in [0.3, 0.4) is 0 Å². The highest BCUT2D eigenvalue weighted by Crippen LogP contribution is 2.54. The predicted octanol–water partition coefficient (Wildman–Crippen LogP) is 11.4. The van der Waals surface area contributed by atoms with Crippen molar-refractivity contribution in [3.63, 3.8) is 0 Å². The largest absolute Gasteiger partial charge is 0.308 e. The molecule has 2 nitrogen and oxygen atoms in total. The maximum atomic E-state index is 5.16. The second-order valence-electron chi connectivity index (χ2n) is 10.3. The fraction of sp³-hybridized carbons (Fsp3) is 0. The van der Waals surface area contributed by atoms with Crippen molar-refractivity contribution in [1.82, 2.24) is 4.98 Å². The lowest BCUT2D eigenvalue weighted by Crippen LogP contribution is -2.10. The van der Waals surface area contributed by atoms with Gasteiger partial charge in [-0.1, -0.05) is 103 Å². The molecule has 0 N–H and O–H groups in total. The van der Waals surface area contributed by atoms with E-state index in [9.17, 15) is 0 Å². The molecule has 0 saturated heterocycles. The van der Waals surface area contributed by atoms with Gasteiger partial charge in [0.25, 0.3) is 0 Å². The number of aromatic nitrogens is 1. The number of hydrogen-bond acceptors (Lipinski definition) is 4. The van der Waals surface area contributed by atoms with Crippen molar-refractivity contribution in [2.75, 3.05) is 4.90 Å². The number of fused-ring (bicyclic) bond motifs is 6. The Balaban J connectivity index is 1.29. The molecular formula is C37H22N2S2. The van der Waals surface area contributed by atoms with Crippen molar-refractivity contribution in [3.8, 4) is 32.3 Å². The number of para-hydroxylation sites is 1. The molecule has 192 valence electrons. The van der Waals surface area contributed by atoms with E-state index in [1.165, 1.54) is 63.9 Å². The van der Waals surface area contributed by atoms with Gasteiger partial charge in [-0.25, -0.2) is 4.98 Å². The molecule has 0 fully saturated rings. The number of anilines is 3. The van der Waals surface area contributed by atoms with E-state index in [0.717, 1.165) is 16.4 Å². The lowest BCUT2D eigenvalue weighted by molar-refractivity contribution is 1.32. The van der Waals surface area contributed by atoms with Gasteiger partial charge in [0.15, 0.2) is 0 Å². The van der Waals surface area contributed by atoms with Gasteiger partial charge in [-0.15, -0.1) is 22.7 Å². The minimum Gasteiger partial charge on any atom is -0.308 e. The molecule has 1 aliphatic carbocycles. The van der Waals surface area contributed by atoms with Crippen LogP contribution in [0.25, 0.3) is 63.2 Å². The molecular weight excluding hydrogens is 537 g/mol. The number of hydrogen-bond donors (Lipinski definition) is 0. The van der Waals surface area contributed by atoms with Gasteiger partial charge in [0.05, 0.1) is 26.6 Å². The summed E-state index contributed by atoms with van der Waals surface area (Å²) in [5.74, 6) is 0. The van der Waals surface area contributed by atoms with Gasteiger partial charge >= 0.3 is 0 Å². The van der Waals surface area contributed by atoms with Gasteiger partial charge in [-0.2, -0.15) is 0 Å². The molecule has 0 radical (unpaired) electrons. The molecule has 6 aromatic carbocycles. The number of thiazole rings is 1. The molecule has 8 aromatic rings. The summed E-state index contributed by atoms with van der Waals surface area (Å²) in [6, 6.07) is 48.0. The number of rotatable bonds is 4. The first-order valence-electron chi connectivity index (χ1n) is 13.7. The van der Waals surface area contributed by atoms with E-state index in [1.54, 1.807) is 11.3 Å². The Labute approximate surface area is 245 Å². The molecule has 1 aliphatic rings. The van der Waals surface area contributed by atoms with Crippen molar-refractivity contribution in [2.45, 2.75) is 0 Å². The van der Waals surface area contributed by atoms with Crippen LogP contribution in [-0.2, 0) is 0 Å². The third kappa shape index (κ3) is 3.38. The van der Waals surface area contributed by atoms with Crippen LogP contribution in [0.2, 0.25) is 0 Å². The van der Waals surface area contributed by atoms with Crippen LogP contribution in [0.5, 0.6) is 0 Å². The van der Waals surface area contributed by atoms with Crippen LogP contribution in [0.15, 0.2) is 133 Å². The smallest absolute Gasteiger partial charge is 0.124 e. The van der Waals surface area contributed by atoms with E-state index in [-0.39, 0.29) is 0 Å². The molecule has 2 aromatic heterocycles. The molecule has 0 aliphatic heterocycles. The molecule has 2 heterocycles. The Hall–Kier alpha value is -4.77. The first-order chi connectivity index (χ1) is 20.3. The molecule has 0 bridgehead atoms. The fourth-order valence-electron chi connectivity index (χ4n) is 6.26. The van der Waals surface area contributed by atoms with E-state index in [1.807, 2.05) is 11.3 Å². The zero-order chi connectivity index (χ0) is 26.9. The maximum absolute atomic E-state index is 5.16. The summed E-state index contributed by atoms with van der Waals surface area (Å²) >= 11 is 3.66. The Morgan fingerprint density at radius 1 is 0.512 bits per heavy atom. The third-order valence-electron chi connectivity index (χ3n) is 8.04. The Morgan fingerprint density at radius 2 is 1.24 bits per heavy atom. The first-order valence-corrected chi connectivity index (χ1v) is 15.4. The normalized spacial score (nSPS) is 11.9. The van der Waals surface area contributed by atoms with Crippen LogP contribution < -0.4 is 4.90 Å². The lowest BCUT2D eigenvalue weighted by atomic mass is 10.0. The molecule has 0 amide bonds. The third-order valence-corrected chi connectivity index (χ3v) is 10.4. The molecule has 0 atom stereocenters. The number of thiophene rings is 1. The molecule has 0 saturated carbocycles. The van der Waals surface area contributed by atoms with Crippen molar-refractivity contribution in [1.29, 1.82) is 0 Å². The molecule has 0 spiro atoms. The summed E-state index contributed by atoms with van der Waals surface area (Å²) in [4.78, 5) is 8.87. The standard InChI is InChI=1S/C37H22N2S2/c1-3-11-23(12-4-1)37-38-34-28-18-9-17-27-30(22-21-29(33(27)28)36(34)41-37)39(24-13-5-2-6-14-24)31-19-10-16-26-25-15-7-8-20-32(25)40-35(26)31/h1-22H. The highest BCUT2D eigenvalue weighted by molar-refractivity contribution is 7.26. The zero-order valence-corrected chi connectivity index (χ0v) is 23.5. The monoisotopic (exact) mass is 558 g/mol. The summed E-state index contributed by atoms with van der Waals surface area (Å²) in [6.45, 7) is 0. The van der Waals surface area contributed by atoms with E-state index >= 15 is 0 Å². The predicted molar refractivity (Wildman–Crippen MR) is 177 cm³/mol. The topological polar surface area (TPSA) is 16.1 Å². The first kappa shape index (κ1) is 23.0. The minimum absolute atomic E-state index is 1.07. The van der Waals surface area contributed by atoms with Crippen molar-refractivity contribution >= 4 is 70.7 Å². The van der Waals surface area contributed by atoms with Crippen LogP contribution >= 0.6 is 22.7 Å². The van der Waals surface area contributed by atoms with E-state index in [0.29, 0.717) is 0 Å². The van der Waals surface area contributed by atoms with Gasteiger partial charge in [-0.3, -0.25) is 0 Å². The van der Waals surface area contributed by atoms with Crippen LogP contribution in [0.1, 0.15) is 0 Å². The summed E-state index contributed by atoms with van der Waals surface area (Å²) in [7, 11) is 0. The van der Waals surface area contributed by atoms with Crippen LogP contribution in [0, 0.1) is 0 Å². The zero-order valence-electron chi connectivity index (χ0n) is 21.9. The average Bonchev–Trinajstić information content (AvgIpc) is 3.72. The van der Waals surface area contributed by atoms with Crippen LogP contribution in [0.4, 0.5) is 17.1 Å². The second kappa shape index (κ2) is 8.87. The Morgan fingerprint density at radius 3 is 2.12 bits per heavy atom. The highest BCUT2D eigenvalue weighted by atomic mass is 32.1. The van der Waals surface area contributed by atoms with Gasteiger partial charge < -0.3 is 4.90 Å². The fourth-order valence-corrected chi connectivity index (χ4v) is 8.58. The highest BCUT2D eigenvalue weighted by Gasteiger charge is 2.29. The van der Waals surface area contributed by atoms with E-state index < -0.39 is 0 Å². The maximum Gasteiger partial charge on any atom is 0.124 e. The second-order valence-corrected chi connectivity index (χ2v) is 12.4. The number of benzene rings is 6. The van der Waals surface area contributed by atoms with E-state index in [4.69, 9.17) is 4.98 Å². The van der Waals surface area contributed by atoms with Crippen molar-refractivity contribution in [2.24, 2.45) is 0 Å². The van der Waals surface area contributed by atoms with Gasteiger partial charge in [-0.05, 0) is 30.3 Å². The quantitative estimate of drug-likeness (QED) is 0.214. The Kier molecular flexibility index (Phi) is 4.97. The van der Waals surface area contributed by atoms with Crippen molar-refractivity contribution < 1.29 is 0 Å². The molecule has 0 unspecified atom stereocenters.